The van der Waals surface area contributed by atoms with Crippen LogP contribution >= 0.6 is 11.6 Å². The third-order valence-electron chi connectivity index (χ3n) is 5.20. The number of oxazole rings is 1. The molecule has 0 bridgehead atoms. The first-order valence-electron chi connectivity index (χ1n) is 9.55. The van der Waals surface area contributed by atoms with Crippen LogP contribution in [0.2, 0.25) is 5.02 Å². The number of nitrogens with zero attached hydrogens (tertiary/aromatic N) is 1. The highest BCUT2D eigenvalue weighted by atomic mass is 35.5. The van der Waals surface area contributed by atoms with Crippen LogP contribution in [0.5, 0.6) is 0 Å². The maximum atomic E-state index is 13.0. The maximum absolute atomic E-state index is 13.0. The Hall–Kier alpha value is -3.63. The Morgan fingerprint density at radius 3 is 2.67 bits per heavy atom. The van der Waals surface area contributed by atoms with Gasteiger partial charge in [0.05, 0.1) is 0 Å². The first-order chi connectivity index (χ1) is 14.6. The highest BCUT2D eigenvalue weighted by Crippen LogP contribution is 2.32. The van der Waals surface area contributed by atoms with Gasteiger partial charge in [-0.25, -0.2) is 4.98 Å². The van der Waals surface area contributed by atoms with Gasteiger partial charge in [0.15, 0.2) is 5.58 Å². The Morgan fingerprint density at radius 2 is 1.77 bits per heavy atom. The quantitative estimate of drug-likeness (QED) is 0.352. The standard InChI is InChI=1S/C25H17ClN2O2/c1-15-18(25-28-22-14-17(26)12-13-23(22)30-25)9-5-11-21(15)27-24(29)20-10-4-7-16-6-2-3-8-19(16)20/h2-14H,1H3,(H,27,29). The number of fused-ring (bicyclic) bond motifs is 2. The molecule has 4 aromatic carbocycles. The van der Waals surface area contributed by atoms with E-state index in [4.69, 9.17) is 16.0 Å². The zero-order valence-corrected chi connectivity index (χ0v) is 16.9. The maximum Gasteiger partial charge on any atom is 0.256 e. The molecule has 5 aromatic rings. The van der Waals surface area contributed by atoms with Gasteiger partial charge < -0.3 is 9.73 Å². The number of anilines is 1. The Bertz CT molecular complexity index is 1420. The number of carbonyl (C=O) groups is 1. The molecule has 0 unspecified atom stereocenters. The van der Waals surface area contributed by atoms with Crippen LogP contribution < -0.4 is 5.32 Å². The highest BCUT2D eigenvalue weighted by Gasteiger charge is 2.16. The van der Waals surface area contributed by atoms with E-state index in [2.05, 4.69) is 10.3 Å². The number of hydrogen-bond acceptors (Lipinski definition) is 3. The molecule has 0 saturated heterocycles. The van der Waals surface area contributed by atoms with E-state index < -0.39 is 0 Å². The van der Waals surface area contributed by atoms with E-state index in [0.717, 1.165) is 21.9 Å². The number of halogens is 1. The zero-order valence-electron chi connectivity index (χ0n) is 16.1. The van der Waals surface area contributed by atoms with Crippen LogP contribution in [0.25, 0.3) is 33.3 Å². The lowest BCUT2D eigenvalue weighted by molar-refractivity contribution is 0.102. The zero-order chi connectivity index (χ0) is 20.7. The van der Waals surface area contributed by atoms with Crippen molar-refractivity contribution in [3.63, 3.8) is 0 Å². The Kier molecular flexibility index (Phi) is 4.49. The lowest BCUT2D eigenvalue weighted by atomic mass is 10.0. The summed E-state index contributed by atoms with van der Waals surface area (Å²) >= 11 is 6.06. The predicted molar refractivity (Wildman–Crippen MR) is 121 cm³/mol. The van der Waals surface area contributed by atoms with Crippen LogP contribution in [0.1, 0.15) is 15.9 Å². The van der Waals surface area contributed by atoms with E-state index in [1.165, 1.54) is 0 Å². The Morgan fingerprint density at radius 1 is 0.967 bits per heavy atom. The number of amides is 1. The number of benzene rings is 4. The number of nitrogens with one attached hydrogen (secondary N) is 1. The molecule has 1 N–H and O–H groups in total. The topological polar surface area (TPSA) is 55.1 Å². The van der Waals surface area contributed by atoms with Crippen molar-refractivity contribution in [2.45, 2.75) is 6.92 Å². The first-order valence-corrected chi connectivity index (χ1v) is 9.93. The van der Waals surface area contributed by atoms with E-state index in [9.17, 15) is 4.79 Å². The molecule has 0 aliphatic heterocycles. The molecule has 0 radical (unpaired) electrons. The van der Waals surface area contributed by atoms with Gasteiger partial charge in [0.1, 0.15) is 5.52 Å². The molecule has 1 amide bonds. The van der Waals surface area contributed by atoms with Gasteiger partial charge in [-0.1, -0.05) is 54.1 Å². The van der Waals surface area contributed by atoms with Gasteiger partial charge in [-0.15, -0.1) is 0 Å². The molecule has 0 atom stereocenters. The van der Waals surface area contributed by atoms with Crippen molar-refractivity contribution in [2.24, 2.45) is 0 Å². The third-order valence-corrected chi connectivity index (χ3v) is 5.43. The summed E-state index contributed by atoms with van der Waals surface area (Å²) < 4.78 is 5.91. The molecular weight excluding hydrogens is 396 g/mol. The second-order valence-corrected chi connectivity index (χ2v) is 7.53. The average molecular weight is 413 g/mol. The fourth-order valence-electron chi connectivity index (χ4n) is 3.63. The van der Waals surface area contributed by atoms with Crippen molar-refractivity contribution in [1.82, 2.24) is 4.98 Å². The molecular formula is C25H17ClN2O2. The molecule has 0 fully saturated rings. The molecule has 1 aromatic heterocycles. The molecule has 1 heterocycles. The van der Waals surface area contributed by atoms with Crippen molar-refractivity contribution >= 4 is 45.1 Å². The summed E-state index contributed by atoms with van der Waals surface area (Å²) in [6.07, 6.45) is 0. The van der Waals surface area contributed by atoms with Crippen LogP contribution in [0.4, 0.5) is 5.69 Å². The van der Waals surface area contributed by atoms with E-state index in [1.807, 2.05) is 67.6 Å². The van der Waals surface area contributed by atoms with Crippen LogP contribution in [0, 0.1) is 6.92 Å². The van der Waals surface area contributed by atoms with Crippen molar-refractivity contribution in [2.75, 3.05) is 5.32 Å². The number of aromatic nitrogens is 1. The summed E-state index contributed by atoms with van der Waals surface area (Å²) in [6, 6.07) is 24.6. The fourth-order valence-corrected chi connectivity index (χ4v) is 3.80. The summed E-state index contributed by atoms with van der Waals surface area (Å²) in [4.78, 5) is 17.6. The van der Waals surface area contributed by atoms with Gasteiger partial charge in [-0.3, -0.25) is 4.79 Å². The molecule has 5 heteroatoms. The molecule has 0 aliphatic rings. The van der Waals surface area contributed by atoms with Crippen LogP contribution in [-0.4, -0.2) is 10.9 Å². The second-order valence-electron chi connectivity index (χ2n) is 7.09. The van der Waals surface area contributed by atoms with Crippen LogP contribution in [-0.2, 0) is 0 Å². The normalized spacial score (nSPS) is 11.1. The summed E-state index contributed by atoms with van der Waals surface area (Å²) in [5, 5.41) is 5.60. The minimum Gasteiger partial charge on any atom is -0.436 e. The van der Waals surface area contributed by atoms with Gasteiger partial charge in [-0.2, -0.15) is 0 Å². The lowest BCUT2D eigenvalue weighted by Gasteiger charge is -2.12. The minimum atomic E-state index is -0.156. The van der Waals surface area contributed by atoms with E-state index in [-0.39, 0.29) is 5.91 Å². The van der Waals surface area contributed by atoms with E-state index in [1.54, 1.807) is 18.2 Å². The van der Waals surface area contributed by atoms with Crippen molar-refractivity contribution in [3.8, 4) is 11.5 Å². The van der Waals surface area contributed by atoms with Gasteiger partial charge in [0, 0.05) is 21.8 Å². The molecule has 0 spiro atoms. The summed E-state index contributed by atoms with van der Waals surface area (Å²) in [7, 11) is 0. The summed E-state index contributed by atoms with van der Waals surface area (Å²) in [5.41, 5.74) is 4.41. The number of carbonyl (C=O) groups excluding carboxylic acids is 1. The summed E-state index contributed by atoms with van der Waals surface area (Å²) in [5.74, 6) is 0.336. The van der Waals surface area contributed by atoms with Gasteiger partial charge in [0.2, 0.25) is 5.89 Å². The van der Waals surface area contributed by atoms with E-state index in [0.29, 0.717) is 33.3 Å². The smallest absolute Gasteiger partial charge is 0.256 e. The van der Waals surface area contributed by atoms with Crippen molar-refractivity contribution in [1.29, 1.82) is 0 Å². The van der Waals surface area contributed by atoms with E-state index >= 15 is 0 Å². The van der Waals surface area contributed by atoms with Gasteiger partial charge >= 0.3 is 0 Å². The average Bonchev–Trinajstić information content (AvgIpc) is 3.17. The molecule has 146 valence electrons. The highest BCUT2D eigenvalue weighted by molar-refractivity contribution is 6.31. The van der Waals surface area contributed by atoms with Gasteiger partial charge in [-0.05, 0) is 59.7 Å². The molecule has 4 nitrogen and oxygen atoms in total. The van der Waals surface area contributed by atoms with Crippen LogP contribution in [0.3, 0.4) is 0 Å². The minimum absolute atomic E-state index is 0.156. The lowest BCUT2D eigenvalue weighted by Crippen LogP contribution is -2.13. The van der Waals surface area contributed by atoms with Crippen LogP contribution in [0.15, 0.2) is 83.3 Å². The fraction of sp³-hybridized carbons (Fsp3) is 0.0400. The van der Waals surface area contributed by atoms with Gasteiger partial charge in [0.25, 0.3) is 5.91 Å². The molecule has 5 rings (SSSR count). The monoisotopic (exact) mass is 412 g/mol. The number of rotatable bonds is 3. The molecule has 0 saturated carbocycles. The summed E-state index contributed by atoms with van der Waals surface area (Å²) in [6.45, 7) is 1.94. The Balaban J connectivity index is 1.52. The second kappa shape index (κ2) is 7.32. The molecule has 30 heavy (non-hydrogen) atoms. The SMILES string of the molecule is Cc1c(NC(=O)c2cccc3ccccc23)cccc1-c1nc2cc(Cl)ccc2o1. The Labute approximate surface area is 178 Å². The molecule has 0 aliphatic carbocycles. The third kappa shape index (κ3) is 3.21. The predicted octanol–water partition coefficient (Wildman–Crippen LogP) is 6.86. The first kappa shape index (κ1) is 18.4. The van der Waals surface area contributed by atoms with Crippen molar-refractivity contribution < 1.29 is 9.21 Å². The number of hydrogen-bond donors (Lipinski definition) is 1. The largest absolute Gasteiger partial charge is 0.436 e. The van der Waals surface area contributed by atoms with Crippen molar-refractivity contribution in [3.05, 3.63) is 95.0 Å².